The average molecular weight is 276 g/mol. The van der Waals surface area contributed by atoms with E-state index in [0.717, 1.165) is 11.1 Å². The Morgan fingerprint density at radius 3 is 2.55 bits per heavy atom. The molecule has 0 spiro atoms. The number of carbonyl (C=O) groups is 2. The van der Waals surface area contributed by atoms with Gasteiger partial charge < -0.3 is 10.5 Å². The summed E-state index contributed by atoms with van der Waals surface area (Å²) in [6, 6.07) is 6.79. The predicted octanol–water partition coefficient (Wildman–Crippen LogP) is 2.01. The number of hydrogen-bond donors (Lipinski definition) is 1. The van der Waals surface area contributed by atoms with Crippen LogP contribution in [0.15, 0.2) is 24.3 Å². The van der Waals surface area contributed by atoms with Gasteiger partial charge in [0.05, 0.1) is 0 Å². The highest BCUT2D eigenvalue weighted by atomic mass is 16.6. The summed E-state index contributed by atoms with van der Waals surface area (Å²) in [6.07, 6.45) is 0.190. The first-order valence-electron chi connectivity index (χ1n) is 6.66. The van der Waals surface area contributed by atoms with E-state index in [4.69, 9.17) is 10.5 Å². The molecule has 1 aliphatic heterocycles. The van der Waals surface area contributed by atoms with Gasteiger partial charge >= 0.3 is 6.09 Å². The molecule has 1 heterocycles. The van der Waals surface area contributed by atoms with Gasteiger partial charge in [-0.3, -0.25) is 9.69 Å². The zero-order valence-corrected chi connectivity index (χ0v) is 12.1. The van der Waals surface area contributed by atoms with Gasteiger partial charge in [0.15, 0.2) is 0 Å². The molecule has 2 N–H and O–H groups in total. The topological polar surface area (TPSA) is 72.6 Å². The Balaban J connectivity index is 2.32. The van der Waals surface area contributed by atoms with Gasteiger partial charge in [0.25, 0.3) is 0 Å². The fraction of sp³-hybridized carbons (Fsp3) is 0.467. The lowest BCUT2D eigenvalue weighted by atomic mass is 9.92. The van der Waals surface area contributed by atoms with Gasteiger partial charge in [-0.15, -0.1) is 0 Å². The van der Waals surface area contributed by atoms with Crippen molar-refractivity contribution in [3.63, 3.8) is 0 Å². The van der Waals surface area contributed by atoms with E-state index < -0.39 is 23.6 Å². The molecule has 0 saturated carbocycles. The van der Waals surface area contributed by atoms with Crippen molar-refractivity contribution in [1.29, 1.82) is 0 Å². The lowest BCUT2D eigenvalue weighted by molar-refractivity contribution is -0.123. The molecule has 0 fully saturated rings. The molecule has 0 saturated heterocycles. The summed E-state index contributed by atoms with van der Waals surface area (Å²) >= 11 is 0. The minimum atomic E-state index is -0.755. The molecule has 2 amide bonds. The van der Waals surface area contributed by atoms with Crippen molar-refractivity contribution in [3.8, 4) is 0 Å². The van der Waals surface area contributed by atoms with Crippen LogP contribution in [0.2, 0.25) is 0 Å². The molecule has 1 unspecified atom stereocenters. The Labute approximate surface area is 118 Å². The number of benzene rings is 1. The van der Waals surface area contributed by atoms with Crippen molar-refractivity contribution in [3.05, 3.63) is 35.4 Å². The molecular formula is C15H20N2O3. The maximum Gasteiger partial charge on any atom is 0.411 e. The fourth-order valence-corrected chi connectivity index (χ4v) is 2.39. The quantitative estimate of drug-likeness (QED) is 0.852. The second kappa shape index (κ2) is 5.15. The number of rotatable bonds is 1. The number of primary amides is 1. The first-order valence-corrected chi connectivity index (χ1v) is 6.66. The molecule has 0 aromatic heterocycles. The van der Waals surface area contributed by atoms with Gasteiger partial charge in [-0.25, -0.2) is 4.79 Å². The maximum absolute atomic E-state index is 12.2. The summed E-state index contributed by atoms with van der Waals surface area (Å²) in [4.78, 5) is 25.4. The highest BCUT2D eigenvalue weighted by Gasteiger charge is 2.36. The molecule has 0 bridgehead atoms. The van der Waals surface area contributed by atoms with Crippen LogP contribution in [-0.4, -0.2) is 29.0 Å². The van der Waals surface area contributed by atoms with Gasteiger partial charge in [-0.1, -0.05) is 24.3 Å². The number of nitrogens with zero attached hydrogens (tertiary/aromatic N) is 1. The van der Waals surface area contributed by atoms with Crippen LogP contribution in [0.25, 0.3) is 0 Å². The van der Waals surface area contributed by atoms with Crippen molar-refractivity contribution in [2.45, 2.75) is 38.8 Å². The predicted molar refractivity (Wildman–Crippen MR) is 75.0 cm³/mol. The molecule has 0 radical (unpaired) electrons. The Kier molecular flexibility index (Phi) is 3.70. The van der Waals surface area contributed by atoms with Crippen molar-refractivity contribution < 1.29 is 14.3 Å². The fourth-order valence-electron chi connectivity index (χ4n) is 2.39. The molecular weight excluding hydrogens is 256 g/mol. The SMILES string of the molecule is CC(C)(C)OC(=O)N1CCc2ccccc2C1C(N)=O. The van der Waals surface area contributed by atoms with Crippen molar-refractivity contribution in [2.24, 2.45) is 5.73 Å². The zero-order chi connectivity index (χ0) is 14.9. The Morgan fingerprint density at radius 2 is 1.95 bits per heavy atom. The second-order valence-corrected chi connectivity index (χ2v) is 5.93. The highest BCUT2D eigenvalue weighted by molar-refractivity contribution is 5.86. The molecule has 1 aliphatic rings. The third kappa shape index (κ3) is 2.92. The average Bonchev–Trinajstić information content (AvgIpc) is 2.35. The number of amides is 2. The van der Waals surface area contributed by atoms with E-state index >= 15 is 0 Å². The van der Waals surface area contributed by atoms with E-state index in [1.807, 2.05) is 24.3 Å². The maximum atomic E-state index is 12.2. The first kappa shape index (κ1) is 14.4. The van der Waals surface area contributed by atoms with Gasteiger partial charge in [0.1, 0.15) is 11.6 Å². The number of nitrogens with two attached hydrogens (primary N) is 1. The summed E-state index contributed by atoms with van der Waals surface area (Å²) in [5.41, 5.74) is 6.73. The van der Waals surface area contributed by atoms with Crippen molar-refractivity contribution >= 4 is 12.0 Å². The summed E-state index contributed by atoms with van der Waals surface area (Å²) in [5.74, 6) is -0.539. The van der Waals surface area contributed by atoms with Crippen LogP contribution in [0.3, 0.4) is 0 Å². The normalized spacial score (nSPS) is 18.4. The van der Waals surface area contributed by atoms with Gasteiger partial charge in [-0.2, -0.15) is 0 Å². The minimum absolute atomic E-state index is 0.430. The van der Waals surface area contributed by atoms with Crippen molar-refractivity contribution in [1.82, 2.24) is 4.90 Å². The molecule has 5 nitrogen and oxygen atoms in total. The standard InChI is InChI=1S/C15H20N2O3/c1-15(2,3)20-14(19)17-9-8-10-6-4-5-7-11(10)12(17)13(16)18/h4-7,12H,8-9H2,1-3H3,(H2,16,18). The minimum Gasteiger partial charge on any atom is -0.444 e. The summed E-state index contributed by atoms with van der Waals surface area (Å²) in [5, 5.41) is 0. The molecule has 1 aromatic carbocycles. The van der Waals surface area contributed by atoms with Crippen LogP contribution >= 0.6 is 0 Å². The van der Waals surface area contributed by atoms with Crippen LogP contribution in [0, 0.1) is 0 Å². The second-order valence-electron chi connectivity index (χ2n) is 5.93. The largest absolute Gasteiger partial charge is 0.444 e. The summed E-state index contributed by atoms with van der Waals surface area (Å²) in [6.45, 7) is 5.81. The molecule has 0 aliphatic carbocycles. The zero-order valence-electron chi connectivity index (χ0n) is 12.1. The van der Waals surface area contributed by atoms with Crippen LogP contribution in [0.4, 0.5) is 4.79 Å². The molecule has 1 aromatic rings. The van der Waals surface area contributed by atoms with Crippen LogP contribution in [-0.2, 0) is 16.0 Å². The highest BCUT2D eigenvalue weighted by Crippen LogP contribution is 2.30. The van der Waals surface area contributed by atoms with E-state index in [9.17, 15) is 9.59 Å². The molecule has 2 rings (SSSR count). The van der Waals surface area contributed by atoms with Gasteiger partial charge in [0, 0.05) is 6.54 Å². The van der Waals surface area contributed by atoms with Gasteiger partial charge in [-0.05, 0) is 38.3 Å². The lowest BCUT2D eigenvalue weighted by Crippen LogP contribution is -2.47. The number of ether oxygens (including phenoxy) is 1. The van der Waals surface area contributed by atoms with Gasteiger partial charge in [0.2, 0.25) is 5.91 Å². The van der Waals surface area contributed by atoms with Crippen LogP contribution < -0.4 is 5.73 Å². The summed E-state index contributed by atoms with van der Waals surface area (Å²) < 4.78 is 5.35. The van der Waals surface area contributed by atoms with E-state index in [0.29, 0.717) is 13.0 Å². The van der Waals surface area contributed by atoms with Crippen molar-refractivity contribution in [2.75, 3.05) is 6.54 Å². The molecule has 5 heteroatoms. The number of carbonyl (C=O) groups excluding carboxylic acids is 2. The Bertz CT molecular complexity index is 534. The third-order valence-corrected chi connectivity index (χ3v) is 3.18. The molecule has 1 atom stereocenters. The smallest absolute Gasteiger partial charge is 0.411 e. The van der Waals surface area contributed by atoms with E-state index in [1.54, 1.807) is 20.8 Å². The van der Waals surface area contributed by atoms with Crippen LogP contribution in [0.1, 0.15) is 37.9 Å². The van der Waals surface area contributed by atoms with E-state index in [2.05, 4.69) is 0 Å². The Morgan fingerprint density at radius 1 is 1.30 bits per heavy atom. The monoisotopic (exact) mass is 276 g/mol. The number of fused-ring (bicyclic) bond motifs is 1. The molecule has 20 heavy (non-hydrogen) atoms. The first-order chi connectivity index (χ1) is 9.29. The Hall–Kier alpha value is -2.04. The molecule has 108 valence electrons. The van der Waals surface area contributed by atoms with E-state index in [1.165, 1.54) is 4.90 Å². The number of hydrogen-bond acceptors (Lipinski definition) is 3. The summed E-state index contributed by atoms with van der Waals surface area (Å²) in [7, 11) is 0. The van der Waals surface area contributed by atoms with Crippen LogP contribution in [0.5, 0.6) is 0 Å². The lowest BCUT2D eigenvalue weighted by Gasteiger charge is -2.36. The van der Waals surface area contributed by atoms with E-state index in [-0.39, 0.29) is 0 Å². The third-order valence-electron chi connectivity index (χ3n) is 3.18.